The summed E-state index contributed by atoms with van der Waals surface area (Å²) in [6, 6.07) is 0. The van der Waals surface area contributed by atoms with Crippen LogP contribution in [-0.4, -0.2) is 21.4 Å². The van der Waals surface area contributed by atoms with Gasteiger partial charge in [-0.1, -0.05) is 44.3 Å². The molecule has 0 aromatic rings. The Bertz CT molecular complexity index is 146. The van der Waals surface area contributed by atoms with Crippen LogP contribution in [0.5, 0.6) is 0 Å². The van der Waals surface area contributed by atoms with Gasteiger partial charge in [0.2, 0.25) is 0 Å². The van der Waals surface area contributed by atoms with Crippen molar-refractivity contribution in [2.75, 3.05) is 12.3 Å². The van der Waals surface area contributed by atoms with Crippen LogP contribution in [0.15, 0.2) is 4.99 Å². The molecule has 58 valence electrons. The molecule has 0 aromatic heterocycles. The summed E-state index contributed by atoms with van der Waals surface area (Å²) in [6.45, 7) is 7.68. The van der Waals surface area contributed by atoms with Gasteiger partial charge in [0.05, 0.1) is 6.54 Å². The molecule has 0 aromatic carbocycles. The molecule has 0 atom stereocenters. The van der Waals surface area contributed by atoms with Crippen LogP contribution in [0.2, 0.25) is 0 Å². The summed E-state index contributed by atoms with van der Waals surface area (Å²) in [5, 5.41) is 0. The molecular weight excluding hydrogens is 162 g/mol. The molecule has 1 rings (SSSR count). The van der Waals surface area contributed by atoms with E-state index in [0.29, 0.717) is 4.75 Å². The van der Waals surface area contributed by atoms with E-state index in [1.165, 1.54) is 10.1 Å². The average Bonchev–Trinajstić information content (AvgIpc) is 2.12. The Morgan fingerprint density at radius 2 is 2.20 bits per heavy atom. The van der Waals surface area contributed by atoms with Gasteiger partial charge in [-0.3, -0.25) is 4.99 Å². The molecule has 0 unspecified atom stereocenters. The van der Waals surface area contributed by atoms with E-state index in [1.54, 1.807) is 0 Å². The predicted octanol–water partition coefficient (Wildman–Crippen LogP) is 2.62. The molecule has 1 nitrogen and oxygen atoms in total. The second-order valence-corrected chi connectivity index (χ2v) is 6.37. The number of aliphatic imine (C=N–C) groups is 1. The van der Waals surface area contributed by atoms with Crippen molar-refractivity contribution < 1.29 is 0 Å². The van der Waals surface area contributed by atoms with Crippen LogP contribution in [0.1, 0.15) is 20.8 Å². The molecule has 1 aliphatic rings. The Morgan fingerprint density at radius 1 is 1.50 bits per heavy atom. The van der Waals surface area contributed by atoms with Gasteiger partial charge in [0.15, 0.2) is 0 Å². The zero-order valence-electron chi connectivity index (χ0n) is 6.68. The van der Waals surface area contributed by atoms with Crippen LogP contribution < -0.4 is 0 Å². The highest BCUT2D eigenvalue weighted by molar-refractivity contribution is 8.39. The fourth-order valence-electron chi connectivity index (χ4n) is 0.639. The second-order valence-electron chi connectivity index (χ2n) is 3.21. The van der Waals surface area contributed by atoms with Crippen molar-refractivity contribution in [1.29, 1.82) is 0 Å². The summed E-state index contributed by atoms with van der Waals surface area (Å²) in [4.78, 5) is 4.36. The molecule has 1 aliphatic heterocycles. The van der Waals surface area contributed by atoms with Crippen molar-refractivity contribution in [2.45, 2.75) is 25.5 Å². The van der Waals surface area contributed by atoms with Gasteiger partial charge in [0.1, 0.15) is 4.38 Å². The molecule has 10 heavy (non-hydrogen) atoms. The van der Waals surface area contributed by atoms with Gasteiger partial charge >= 0.3 is 0 Å². The van der Waals surface area contributed by atoms with Crippen LogP contribution in [0.3, 0.4) is 0 Å². The number of hydrogen-bond donors (Lipinski definition) is 0. The van der Waals surface area contributed by atoms with Gasteiger partial charge in [0.25, 0.3) is 0 Å². The Morgan fingerprint density at radius 3 is 2.60 bits per heavy atom. The summed E-state index contributed by atoms with van der Waals surface area (Å²) in [7, 11) is 0. The lowest BCUT2D eigenvalue weighted by Gasteiger charge is -2.16. The predicted molar refractivity (Wildman–Crippen MR) is 52.1 cm³/mol. The van der Waals surface area contributed by atoms with E-state index in [0.717, 1.165) is 6.54 Å². The molecule has 0 saturated carbocycles. The number of hydrogen-bond acceptors (Lipinski definition) is 3. The van der Waals surface area contributed by atoms with E-state index < -0.39 is 0 Å². The number of rotatable bonds is 0. The third-order valence-electron chi connectivity index (χ3n) is 0.951. The summed E-state index contributed by atoms with van der Waals surface area (Å²) < 4.78 is 1.60. The highest BCUT2D eigenvalue weighted by Crippen LogP contribution is 2.32. The molecule has 0 bridgehead atoms. The van der Waals surface area contributed by atoms with E-state index in [4.69, 9.17) is 0 Å². The average molecular weight is 175 g/mol. The first-order valence-electron chi connectivity index (χ1n) is 3.44. The first-order chi connectivity index (χ1) is 4.58. The Labute approximate surface area is 71.1 Å². The van der Waals surface area contributed by atoms with Crippen molar-refractivity contribution in [3.8, 4) is 0 Å². The summed E-state index contributed by atoms with van der Waals surface area (Å²) in [5.41, 5.74) is 0. The van der Waals surface area contributed by atoms with Crippen molar-refractivity contribution in [1.82, 2.24) is 0 Å². The van der Waals surface area contributed by atoms with E-state index in [1.807, 2.05) is 23.5 Å². The standard InChI is InChI=1S/C7H13NS2/c1-7(2,3)10-6-8-4-5-9-6/h4-5H2,1-3H3. The maximum atomic E-state index is 4.36. The second kappa shape index (κ2) is 3.18. The number of thioether (sulfide) groups is 2. The molecule has 3 heteroatoms. The van der Waals surface area contributed by atoms with Crippen molar-refractivity contribution in [2.24, 2.45) is 4.99 Å². The fourth-order valence-corrected chi connectivity index (χ4v) is 3.09. The van der Waals surface area contributed by atoms with Crippen molar-refractivity contribution in [3.63, 3.8) is 0 Å². The maximum Gasteiger partial charge on any atom is 0.125 e. The lowest BCUT2D eigenvalue weighted by atomic mass is 10.3. The maximum absolute atomic E-state index is 4.36. The van der Waals surface area contributed by atoms with E-state index >= 15 is 0 Å². The number of nitrogens with zero attached hydrogens (tertiary/aromatic N) is 1. The molecule has 0 spiro atoms. The molecule has 0 aliphatic carbocycles. The van der Waals surface area contributed by atoms with Crippen molar-refractivity contribution in [3.05, 3.63) is 0 Å². The lowest BCUT2D eigenvalue weighted by Crippen LogP contribution is -2.09. The fraction of sp³-hybridized carbons (Fsp3) is 0.857. The van der Waals surface area contributed by atoms with Crippen LogP contribution in [0.25, 0.3) is 0 Å². The van der Waals surface area contributed by atoms with Gasteiger partial charge in [-0.2, -0.15) is 0 Å². The normalized spacial score (nSPS) is 19.3. The topological polar surface area (TPSA) is 12.4 Å². The SMILES string of the molecule is CC(C)(C)SC1=NCCS1. The smallest absolute Gasteiger partial charge is 0.125 e. The zero-order chi connectivity index (χ0) is 7.61. The zero-order valence-corrected chi connectivity index (χ0v) is 8.31. The minimum Gasteiger partial charge on any atom is -0.271 e. The molecular formula is C7H13NS2. The quantitative estimate of drug-likeness (QED) is 0.561. The highest BCUT2D eigenvalue weighted by atomic mass is 32.2. The summed E-state index contributed by atoms with van der Waals surface area (Å²) >= 11 is 3.76. The van der Waals surface area contributed by atoms with Gasteiger partial charge in [-0.15, -0.1) is 0 Å². The third-order valence-corrected chi connectivity index (χ3v) is 3.23. The lowest BCUT2D eigenvalue weighted by molar-refractivity contribution is 0.809. The van der Waals surface area contributed by atoms with Crippen LogP contribution >= 0.6 is 23.5 Å². The van der Waals surface area contributed by atoms with Crippen LogP contribution in [0, 0.1) is 0 Å². The van der Waals surface area contributed by atoms with E-state index in [9.17, 15) is 0 Å². The van der Waals surface area contributed by atoms with Gasteiger partial charge in [-0.05, 0) is 0 Å². The molecule has 1 heterocycles. The highest BCUT2D eigenvalue weighted by Gasteiger charge is 2.17. The molecule has 0 radical (unpaired) electrons. The first kappa shape index (κ1) is 8.47. The van der Waals surface area contributed by atoms with Crippen molar-refractivity contribution >= 4 is 27.9 Å². The van der Waals surface area contributed by atoms with Gasteiger partial charge < -0.3 is 0 Å². The Hall–Kier alpha value is 0.370. The largest absolute Gasteiger partial charge is 0.271 e. The Balaban J connectivity index is 2.38. The monoisotopic (exact) mass is 175 g/mol. The third kappa shape index (κ3) is 2.97. The first-order valence-corrected chi connectivity index (χ1v) is 5.24. The van der Waals surface area contributed by atoms with Gasteiger partial charge in [0, 0.05) is 10.5 Å². The Kier molecular flexibility index (Phi) is 2.69. The molecule has 0 fully saturated rings. The van der Waals surface area contributed by atoms with E-state index in [-0.39, 0.29) is 0 Å². The van der Waals surface area contributed by atoms with Crippen LogP contribution in [-0.2, 0) is 0 Å². The van der Waals surface area contributed by atoms with Crippen LogP contribution in [0.4, 0.5) is 0 Å². The molecule has 0 amide bonds. The minimum absolute atomic E-state index is 0.330. The molecule has 0 saturated heterocycles. The molecule has 0 N–H and O–H groups in total. The van der Waals surface area contributed by atoms with E-state index in [2.05, 4.69) is 25.8 Å². The summed E-state index contributed by atoms with van der Waals surface area (Å²) in [5.74, 6) is 1.18. The van der Waals surface area contributed by atoms with Gasteiger partial charge in [-0.25, -0.2) is 0 Å². The summed E-state index contributed by atoms with van der Waals surface area (Å²) in [6.07, 6.45) is 0. The minimum atomic E-state index is 0.330.